The third kappa shape index (κ3) is 2.64. The maximum Gasteiger partial charge on any atom is 0.0276 e. The van der Waals surface area contributed by atoms with Gasteiger partial charge in [0.2, 0.25) is 0 Å². The van der Waals surface area contributed by atoms with Gasteiger partial charge in [-0.1, -0.05) is 12.2 Å². The Bertz CT molecular complexity index is 132. The molecule has 0 bridgehead atoms. The van der Waals surface area contributed by atoms with Gasteiger partial charge in [0.05, 0.1) is 0 Å². The van der Waals surface area contributed by atoms with Gasteiger partial charge in [0.15, 0.2) is 0 Å². The Kier molecular flexibility index (Phi) is 3.60. The SMILES string of the molecule is CNC/C=C\C1CCCN1C. The zero-order valence-corrected chi connectivity index (χ0v) is 7.51. The highest BCUT2D eigenvalue weighted by Gasteiger charge is 2.16. The van der Waals surface area contributed by atoms with E-state index in [-0.39, 0.29) is 0 Å². The minimum absolute atomic E-state index is 0.698. The van der Waals surface area contributed by atoms with Crippen LogP contribution in [0.4, 0.5) is 0 Å². The third-order valence-electron chi connectivity index (χ3n) is 2.26. The Labute approximate surface area is 69.3 Å². The van der Waals surface area contributed by atoms with Crippen molar-refractivity contribution in [2.24, 2.45) is 0 Å². The number of nitrogens with one attached hydrogen (secondary N) is 1. The molecule has 1 heterocycles. The lowest BCUT2D eigenvalue weighted by atomic mass is 10.2. The summed E-state index contributed by atoms with van der Waals surface area (Å²) in [5, 5.41) is 3.10. The average molecular weight is 154 g/mol. The zero-order valence-electron chi connectivity index (χ0n) is 7.51. The summed E-state index contributed by atoms with van der Waals surface area (Å²) in [7, 11) is 4.17. The first-order valence-electron chi connectivity index (χ1n) is 4.36. The lowest BCUT2D eigenvalue weighted by molar-refractivity contribution is 0.357. The van der Waals surface area contributed by atoms with Crippen LogP contribution < -0.4 is 5.32 Å². The van der Waals surface area contributed by atoms with E-state index in [0.29, 0.717) is 6.04 Å². The summed E-state index contributed by atoms with van der Waals surface area (Å²) in [5.74, 6) is 0. The fraction of sp³-hybridized carbons (Fsp3) is 0.778. The predicted molar refractivity (Wildman–Crippen MR) is 48.7 cm³/mol. The van der Waals surface area contributed by atoms with E-state index in [0.717, 1.165) is 6.54 Å². The van der Waals surface area contributed by atoms with Gasteiger partial charge in [-0.25, -0.2) is 0 Å². The van der Waals surface area contributed by atoms with Gasteiger partial charge in [0.1, 0.15) is 0 Å². The standard InChI is InChI=1S/C9H18N2/c1-10-7-3-5-9-6-4-8-11(9)2/h3,5,9-10H,4,6-8H2,1-2H3/b5-3-. The Hall–Kier alpha value is -0.340. The first kappa shape index (κ1) is 8.75. The molecule has 0 aliphatic carbocycles. The molecule has 2 nitrogen and oxygen atoms in total. The number of rotatable bonds is 3. The van der Waals surface area contributed by atoms with Crippen LogP contribution in [0, 0.1) is 0 Å². The summed E-state index contributed by atoms with van der Waals surface area (Å²) in [6.07, 6.45) is 7.21. The predicted octanol–water partition coefficient (Wildman–Crippen LogP) is 0.856. The van der Waals surface area contributed by atoms with E-state index in [2.05, 4.69) is 29.4 Å². The minimum atomic E-state index is 0.698. The molecule has 0 radical (unpaired) electrons. The van der Waals surface area contributed by atoms with Gasteiger partial charge in [-0.3, -0.25) is 4.90 Å². The minimum Gasteiger partial charge on any atom is -0.316 e. The molecule has 1 saturated heterocycles. The Morgan fingerprint density at radius 3 is 3.00 bits per heavy atom. The highest BCUT2D eigenvalue weighted by molar-refractivity contribution is 4.97. The molecule has 1 atom stereocenters. The molecule has 0 aromatic heterocycles. The second kappa shape index (κ2) is 4.52. The molecule has 0 saturated carbocycles. The molecular weight excluding hydrogens is 136 g/mol. The van der Waals surface area contributed by atoms with Crippen molar-refractivity contribution >= 4 is 0 Å². The van der Waals surface area contributed by atoms with Crippen LogP contribution in [-0.2, 0) is 0 Å². The molecule has 64 valence electrons. The van der Waals surface area contributed by atoms with Gasteiger partial charge in [-0.15, -0.1) is 0 Å². The summed E-state index contributed by atoms with van der Waals surface area (Å²) in [5.41, 5.74) is 0. The Morgan fingerprint density at radius 1 is 1.64 bits per heavy atom. The normalized spacial score (nSPS) is 26.9. The number of hydrogen-bond donors (Lipinski definition) is 1. The van der Waals surface area contributed by atoms with Crippen molar-refractivity contribution in [1.82, 2.24) is 10.2 Å². The number of nitrogens with zero attached hydrogens (tertiary/aromatic N) is 1. The van der Waals surface area contributed by atoms with E-state index >= 15 is 0 Å². The lowest BCUT2D eigenvalue weighted by Crippen LogP contribution is -2.22. The van der Waals surface area contributed by atoms with Crippen molar-refractivity contribution in [3.8, 4) is 0 Å². The second-order valence-electron chi connectivity index (χ2n) is 3.18. The van der Waals surface area contributed by atoms with Crippen molar-refractivity contribution in [2.75, 3.05) is 27.2 Å². The summed E-state index contributed by atoms with van der Waals surface area (Å²) >= 11 is 0. The first-order chi connectivity index (χ1) is 5.34. The van der Waals surface area contributed by atoms with Gasteiger partial charge < -0.3 is 5.32 Å². The van der Waals surface area contributed by atoms with E-state index in [4.69, 9.17) is 0 Å². The monoisotopic (exact) mass is 154 g/mol. The van der Waals surface area contributed by atoms with Crippen molar-refractivity contribution in [1.29, 1.82) is 0 Å². The van der Waals surface area contributed by atoms with E-state index in [1.165, 1.54) is 19.4 Å². The van der Waals surface area contributed by atoms with E-state index < -0.39 is 0 Å². The van der Waals surface area contributed by atoms with Gasteiger partial charge in [0, 0.05) is 12.6 Å². The number of likely N-dealkylation sites (tertiary alicyclic amines) is 1. The molecule has 1 fully saturated rings. The zero-order chi connectivity index (χ0) is 8.10. The molecule has 0 aromatic carbocycles. The van der Waals surface area contributed by atoms with Gasteiger partial charge in [0.25, 0.3) is 0 Å². The second-order valence-corrected chi connectivity index (χ2v) is 3.18. The smallest absolute Gasteiger partial charge is 0.0276 e. The van der Waals surface area contributed by atoms with Crippen molar-refractivity contribution in [3.05, 3.63) is 12.2 Å². The van der Waals surface area contributed by atoms with E-state index in [1.807, 2.05) is 7.05 Å². The van der Waals surface area contributed by atoms with Crippen LogP contribution in [0.2, 0.25) is 0 Å². The maximum atomic E-state index is 3.10. The molecule has 1 aliphatic rings. The van der Waals surface area contributed by atoms with Crippen LogP contribution in [0.5, 0.6) is 0 Å². The highest BCUT2D eigenvalue weighted by Crippen LogP contribution is 2.15. The van der Waals surface area contributed by atoms with Gasteiger partial charge >= 0.3 is 0 Å². The van der Waals surface area contributed by atoms with Gasteiger partial charge in [-0.05, 0) is 33.5 Å². The Balaban J connectivity index is 2.24. The van der Waals surface area contributed by atoms with Crippen molar-refractivity contribution < 1.29 is 0 Å². The molecule has 0 spiro atoms. The highest BCUT2D eigenvalue weighted by atomic mass is 15.1. The molecule has 1 aliphatic heterocycles. The number of likely N-dealkylation sites (N-methyl/N-ethyl adjacent to an activating group) is 2. The summed E-state index contributed by atoms with van der Waals surface area (Å²) in [6.45, 7) is 2.25. The van der Waals surface area contributed by atoms with Crippen LogP contribution in [0.25, 0.3) is 0 Å². The van der Waals surface area contributed by atoms with Crippen LogP contribution in [-0.4, -0.2) is 38.1 Å². The van der Waals surface area contributed by atoms with Crippen LogP contribution in [0.15, 0.2) is 12.2 Å². The summed E-state index contributed by atoms with van der Waals surface area (Å²) in [4.78, 5) is 2.41. The van der Waals surface area contributed by atoms with Crippen LogP contribution >= 0.6 is 0 Å². The van der Waals surface area contributed by atoms with Crippen molar-refractivity contribution in [2.45, 2.75) is 18.9 Å². The molecule has 0 amide bonds. The number of hydrogen-bond acceptors (Lipinski definition) is 2. The maximum absolute atomic E-state index is 3.10. The Morgan fingerprint density at radius 2 is 2.45 bits per heavy atom. The summed E-state index contributed by atoms with van der Waals surface area (Å²) < 4.78 is 0. The van der Waals surface area contributed by atoms with Gasteiger partial charge in [-0.2, -0.15) is 0 Å². The molecule has 2 heteroatoms. The quantitative estimate of drug-likeness (QED) is 0.606. The molecule has 1 unspecified atom stereocenters. The van der Waals surface area contributed by atoms with Crippen LogP contribution in [0.1, 0.15) is 12.8 Å². The fourth-order valence-electron chi connectivity index (χ4n) is 1.52. The molecular formula is C9H18N2. The molecule has 1 N–H and O–H groups in total. The lowest BCUT2D eigenvalue weighted by Gasteiger charge is -2.14. The van der Waals surface area contributed by atoms with E-state index in [1.54, 1.807) is 0 Å². The fourth-order valence-corrected chi connectivity index (χ4v) is 1.52. The molecule has 11 heavy (non-hydrogen) atoms. The van der Waals surface area contributed by atoms with Crippen molar-refractivity contribution in [3.63, 3.8) is 0 Å². The van der Waals surface area contributed by atoms with E-state index in [9.17, 15) is 0 Å². The topological polar surface area (TPSA) is 15.3 Å². The third-order valence-corrected chi connectivity index (χ3v) is 2.26. The largest absolute Gasteiger partial charge is 0.316 e. The summed E-state index contributed by atoms with van der Waals surface area (Å²) in [6, 6.07) is 0.698. The molecule has 1 rings (SSSR count). The first-order valence-corrected chi connectivity index (χ1v) is 4.36. The molecule has 0 aromatic rings. The van der Waals surface area contributed by atoms with Crippen LogP contribution in [0.3, 0.4) is 0 Å². The average Bonchev–Trinajstić information content (AvgIpc) is 2.37.